The van der Waals surface area contributed by atoms with Crippen LogP contribution in [0.25, 0.3) is 0 Å². The first kappa shape index (κ1) is 9.00. The summed E-state index contributed by atoms with van der Waals surface area (Å²) >= 11 is 3.43. The zero-order valence-electron chi connectivity index (χ0n) is 6.55. The molecule has 0 bridgehead atoms. The second kappa shape index (κ2) is 4.07. The summed E-state index contributed by atoms with van der Waals surface area (Å²) in [5.41, 5.74) is 0. The summed E-state index contributed by atoms with van der Waals surface area (Å²) in [4.78, 5) is 13.2. The predicted molar refractivity (Wildman–Crippen MR) is 45.5 cm³/mol. The van der Waals surface area contributed by atoms with Gasteiger partial charge in [-0.05, 0) is 6.42 Å². The minimum atomic E-state index is 0.0833. The van der Waals surface area contributed by atoms with Gasteiger partial charge in [0, 0.05) is 6.54 Å². The summed E-state index contributed by atoms with van der Waals surface area (Å²) in [5.74, 6) is 0.0833. The Morgan fingerprint density at radius 2 is 2.55 bits per heavy atom. The number of carbonyl (C=O) groups excluding carboxylic acids is 1. The Hall–Kier alpha value is -0.0900. The van der Waals surface area contributed by atoms with E-state index in [0.29, 0.717) is 13.2 Å². The average molecular weight is 222 g/mol. The molecule has 0 aromatic carbocycles. The van der Waals surface area contributed by atoms with Crippen molar-refractivity contribution >= 4 is 21.8 Å². The van der Waals surface area contributed by atoms with Crippen molar-refractivity contribution in [1.29, 1.82) is 0 Å². The van der Waals surface area contributed by atoms with Gasteiger partial charge in [0.1, 0.15) is 6.61 Å². The van der Waals surface area contributed by atoms with E-state index in [2.05, 4.69) is 15.9 Å². The highest BCUT2D eigenvalue weighted by Gasteiger charge is 2.22. The van der Waals surface area contributed by atoms with E-state index in [4.69, 9.17) is 4.74 Å². The lowest BCUT2D eigenvalue weighted by Crippen LogP contribution is -2.45. The van der Waals surface area contributed by atoms with Crippen LogP contribution in [-0.4, -0.2) is 35.5 Å². The zero-order valence-corrected chi connectivity index (χ0v) is 8.13. The number of alkyl halides is 1. The summed E-state index contributed by atoms with van der Waals surface area (Å²) < 4.78 is 4.99. The van der Waals surface area contributed by atoms with Gasteiger partial charge in [-0.1, -0.05) is 22.9 Å². The Labute approximate surface area is 74.8 Å². The number of rotatable bonds is 2. The van der Waals surface area contributed by atoms with Crippen molar-refractivity contribution in [2.45, 2.75) is 18.3 Å². The molecule has 1 rings (SSSR count). The van der Waals surface area contributed by atoms with E-state index in [0.717, 1.165) is 6.42 Å². The molecule has 1 aliphatic rings. The van der Waals surface area contributed by atoms with Crippen molar-refractivity contribution in [3.8, 4) is 0 Å². The lowest BCUT2D eigenvalue weighted by atomic mass is 10.3. The molecule has 64 valence electrons. The van der Waals surface area contributed by atoms with Gasteiger partial charge >= 0.3 is 0 Å². The predicted octanol–water partition coefficient (Wildman–Crippen LogP) is 0.976. The Bertz CT molecular complexity index is 151. The lowest BCUT2D eigenvalue weighted by Gasteiger charge is -2.30. The molecule has 0 aliphatic carbocycles. The Balaban J connectivity index is 2.47. The number of ether oxygens (including phenoxy) is 1. The first-order valence-corrected chi connectivity index (χ1v) is 4.68. The molecule has 0 aromatic rings. The van der Waals surface area contributed by atoms with E-state index in [1.165, 1.54) is 0 Å². The van der Waals surface area contributed by atoms with Gasteiger partial charge in [0.05, 0.1) is 11.6 Å². The summed E-state index contributed by atoms with van der Waals surface area (Å²) in [6.45, 7) is 3.65. The van der Waals surface area contributed by atoms with E-state index < -0.39 is 0 Å². The van der Waals surface area contributed by atoms with E-state index in [9.17, 15) is 4.79 Å². The van der Waals surface area contributed by atoms with Crippen LogP contribution in [0.15, 0.2) is 0 Å². The van der Waals surface area contributed by atoms with E-state index >= 15 is 0 Å². The topological polar surface area (TPSA) is 29.5 Å². The van der Waals surface area contributed by atoms with Gasteiger partial charge in [-0.3, -0.25) is 4.79 Å². The highest BCUT2D eigenvalue weighted by Crippen LogP contribution is 2.13. The standard InChI is InChI=1S/C7H12BrNO2/c1-2-6(8)9-3-4-11-5-7(9)10/h6H,2-5H2,1H3. The lowest BCUT2D eigenvalue weighted by molar-refractivity contribution is -0.143. The number of morpholine rings is 1. The molecule has 0 radical (unpaired) electrons. The molecule has 11 heavy (non-hydrogen) atoms. The molecule has 1 unspecified atom stereocenters. The molecule has 0 N–H and O–H groups in total. The molecule has 1 fully saturated rings. The third-order valence-corrected chi connectivity index (χ3v) is 2.84. The Kier molecular flexibility index (Phi) is 3.33. The van der Waals surface area contributed by atoms with Crippen molar-refractivity contribution in [3.63, 3.8) is 0 Å². The van der Waals surface area contributed by atoms with Crippen LogP contribution in [0.1, 0.15) is 13.3 Å². The van der Waals surface area contributed by atoms with Crippen molar-refractivity contribution in [3.05, 3.63) is 0 Å². The molecule has 1 aliphatic heterocycles. The SMILES string of the molecule is CCC(Br)N1CCOCC1=O. The normalized spacial score (nSPS) is 22.0. The minimum Gasteiger partial charge on any atom is -0.370 e. The van der Waals surface area contributed by atoms with Crippen LogP contribution in [0.3, 0.4) is 0 Å². The number of carbonyl (C=O) groups is 1. The number of nitrogens with zero attached hydrogens (tertiary/aromatic N) is 1. The number of hydrogen-bond acceptors (Lipinski definition) is 2. The highest BCUT2D eigenvalue weighted by atomic mass is 79.9. The van der Waals surface area contributed by atoms with Gasteiger partial charge in [0.2, 0.25) is 5.91 Å². The largest absolute Gasteiger partial charge is 0.370 e. The van der Waals surface area contributed by atoms with Gasteiger partial charge in [-0.2, -0.15) is 0 Å². The summed E-state index contributed by atoms with van der Waals surface area (Å²) in [7, 11) is 0. The first-order valence-electron chi connectivity index (χ1n) is 3.77. The fraction of sp³-hybridized carbons (Fsp3) is 0.857. The van der Waals surface area contributed by atoms with E-state index in [1.807, 2.05) is 11.8 Å². The Morgan fingerprint density at radius 1 is 1.82 bits per heavy atom. The zero-order chi connectivity index (χ0) is 8.27. The summed E-state index contributed by atoms with van der Waals surface area (Å²) in [6.07, 6.45) is 0.936. The maximum Gasteiger partial charge on any atom is 0.249 e. The molecular weight excluding hydrogens is 210 g/mol. The molecule has 0 saturated carbocycles. The van der Waals surface area contributed by atoms with Crippen LogP contribution in [0.2, 0.25) is 0 Å². The highest BCUT2D eigenvalue weighted by molar-refractivity contribution is 9.09. The second-order valence-corrected chi connectivity index (χ2v) is 3.54. The van der Waals surface area contributed by atoms with Gasteiger partial charge < -0.3 is 9.64 Å². The smallest absolute Gasteiger partial charge is 0.249 e. The Morgan fingerprint density at radius 3 is 3.09 bits per heavy atom. The molecule has 0 aromatic heterocycles. The van der Waals surface area contributed by atoms with Gasteiger partial charge in [0.25, 0.3) is 0 Å². The number of hydrogen-bond donors (Lipinski definition) is 0. The third kappa shape index (κ3) is 2.17. The van der Waals surface area contributed by atoms with Crippen molar-refractivity contribution in [1.82, 2.24) is 4.90 Å². The van der Waals surface area contributed by atoms with Gasteiger partial charge in [-0.25, -0.2) is 0 Å². The average Bonchev–Trinajstić information content (AvgIpc) is 2.04. The van der Waals surface area contributed by atoms with Crippen LogP contribution >= 0.6 is 15.9 Å². The molecule has 0 spiro atoms. The summed E-state index contributed by atoms with van der Waals surface area (Å²) in [6, 6.07) is 0. The second-order valence-electron chi connectivity index (χ2n) is 2.48. The van der Waals surface area contributed by atoms with Gasteiger partial charge in [0.15, 0.2) is 0 Å². The monoisotopic (exact) mass is 221 g/mol. The molecule has 1 atom stereocenters. The van der Waals surface area contributed by atoms with Crippen molar-refractivity contribution < 1.29 is 9.53 Å². The van der Waals surface area contributed by atoms with Crippen LogP contribution in [0, 0.1) is 0 Å². The fourth-order valence-electron chi connectivity index (χ4n) is 1.05. The van der Waals surface area contributed by atoms with Crippen LogP contribution < -0.4 is 0 Å². The third-order valence-electron chi connectivity index (χ3n) is 1.70. The van der Waals surface area contributed by atoms with Crippen LogP contribution in [-0.2, 0) is 9.53 Å². The van der Waals surface area contributed by atoms with Crippen molar-refractivity contribution in [2.24, 2.45) is 0 Å². The van der Waals surface area contributed by atoms with Crippen LogP contribution in [0.5, 0.6) is 0 Å². The first-order chi connectivity index (χ1) is 5.25. The molecular formula is C7H12BrNO2. The van der Waals surface area contributed by atoms with Crippen molar-refractivity contribution in [2.75, 3.05) is 19.8 Å². The number of amides is 1. The van der Waals surface area contributed by atoms with E-state index in [1.54, 1.807) is 0 Å². The van der Waals surface area contributed by atoms with Crippen LogP contribution in [0.4, 0.5) is 0 Å². The maximum atomic E-state index is 11.2. The number of halogens is 1. The van der Waals surface area contributed by atoms with Gasteiger partial charge in [-0.15, -0.1) is 0 Å². The molecule has 1 saturated heterocycles. The summed E-state index contributed by atoms with van der Waals surface area (Å²) in [5, 5.41) is 0. The molecule has 3 nitrogen and oxygen atoms in total. The minimum absolute atomic E-state index is 0.0833. The fourth-order valence-corrected chi connectivity index (χ4v) is 1.48. The molecule has 1 amide bonds. The van der Waals surface area contributed by atoms with E-state index in [-0.39, 0.29) is 17.5 Å². The molecule has 4 heteroatoms. The molecule has 1 heterocycles. The quantitative estimate of drug-likeness (QED) is 0.514. The maximum absolute atomic E-state index is 11.2.